The standard InChI is InChI=1S/C15H13FN2O3/c1-9(10-3-2-4-12(16)7-10)18-14(19)11-5-6-13(15(20)21)17-8-11/h2-9H,1H3,(H,18,19)(H,20,21). The van der Waals surface area contributed by atoms with E-state index in [4.69, 9.17) is 5.11 Å². The first-order chi connectivity index (χ1) is 9.97. The molecule has 2 N–H and O–H groups in total. The Hall–Kier alpha value is -2.76. The highest BCUT2D eigenvalue weighted by Gasteiger charge is 2.13. The number of benzene rings is 1. The van der Waals surface area contributed by atoms with Crippen molar-refractivity contribution < 1.29 is 19.1 Å². The molecule has 0 saturated carbocycles. The zero-order valence-electron chi connectivity index (χ0n) is 11.2. The monoisotopic (exact) mass is 288 g/mol. The van der Waals surface area contributed by atoms with Crippen LogP contribution in [0.3, 0.4) is 0 Å². The number of carboxylic acids is 1. The second-order valence-corrected chi connectivity index (χ2v) is 4.49. The second kappa shape index (κ2) is 6.13. The predicted octanol–water partition coefficient (Wildman–Crippen LogP) is 2.41. The zero-order valence-corrected chi connectivity index (χ0v) is 11.2. The molecule has 1 aromatic heterocycles. The molecule has 0 aliphatic carbocycles. The lowest BCUT2D eigenvalue weighted by molar-refractivity contribution is 0.0689. The Labute approximate surface area is 120 Å². The first-order valence-corrected chi connectivity index (χ1v) is 6.23. The normalized spacial score (nSPS) is 11.7. The minimum atomic E-state index is -1.16. The third kappa shape index (κ3) is 3.62. The summed E-state index contributed by atoms with van der Waals surface area (Å²) < 4.78 is 13.1. The molecule has 0 bridgehead atoms. The first kappa shape index (κ1) is 14.6. The van der Waals surface area contributed by atoms with Crippen LogP contribution < -0.4 is 5.32 Å². The smallest absolute Gasteiger partial charge is 0.354 e. The van der Waals surface area contributed by atoms with Crippen molar-refractivity contribution in [1.29, 1.82) is 0 Å². The number of nitrogens with one attached hydrogen (secondary N) is 1. The van der Waals surface area contributed by atoms with Crippen LogP contribution in [0.1, 0.15) is 39.4 Å². The van der Waals surface area contributed by atoms with Crippen molar-refractivity contribution in [3.8, 4) is 0 Å². The van der Waals surface area contributed by atoms with E-state index in [1.807, 2.05) is 0 Å². The minimum Gasteiger partial charge on any atom is -0.477 e. The van der Waals surface area contributed by atoms with Gasteiger partial charge < -0.3 is 10.4 Å². The molecule has 0 aliphatic heterocycles. The molecule has 0 saturated heterocycles. The highest BCUT2D eigenvalue weighted by Crippen LogP contribution is 2.14. The first-order valence-electron chi connectivity index (χ1n) is 6.23. The fourth-order valence-corrected chi connectivity index (χ4v) is 1.79. The average Bonchev–Trinajstić information content (AvgIpc) is 2.47. The summed E-state index contributed by atoms with van der Waals surface area (Å²) in [5.41, 5.74) is 0.742. The van der Waals surface area contributed by atoms with Gasteiger partial charge in [0.25, 0.3) is 5.91 Å². The number of halogens is 1. The summed E-state index contributed by atoms with van der Waals surface area (Å²) in [7, 11) is 0. The van der Waals surface area contributed by atoms with Gasteiger partial charge in [-0.2, -0.15) is 0 Å². The molecule has 108 valence electrons. The molecular formula is C15H13FN2O3. The lowest BCUT2D eigenvalue weighted by Gasteiger charge is -2.14. The minimum absolute atomic E-state index is 0.135. The van der Waals surface area contributed by atoms with Crippen LogP contribution in [0.25, 0.3) is 0 Å². The number of hydrogen-bond donors (Lipinski definition) is 2. The third-order valence-corrected chi connectivity index (χ3v) is 2.94. The van der Waals surface area contributed by atoms with E-state index in [1.165, 1.54) is 30.5 Å². The summed E-state index contributed by atoms with van der Waals surface area (Å²) in [6.45, 7) is 1.73. The Morgan fingerprint density at radius 3 is 2.62 bits per heavy atom. The Morgan fingerprint density at radius 1 is 1.29 bits per heavy atom. The topological polar surface area (TPSA) is 79.3 Å². The van der Waals surface area contributed by atoms with Gasteiger partial charge in [-0.05, 0) is 36.8 Å². The molecular weight excluding hydrogens is 275 g/mol. The van der Waals surface area contributed by atoms with Crippen molar-refractivity contribution in [3.05, 3.63) is 65.2 Å². The van der Waals surface area contributed by atoms with E-state index < -0.39 is 11.9 Å². The molecule has 0 spiro atoms. The van der Waals surface area contributed by atoms with E-state index >= 15 is 0 Å². The van der Waals surface area contributed by atoms with Crippen molar-refractivity contribution in [1.82, 2.24) is 10.3 Å². The van der Waals surface area contributed by atoms with Crippen LogP contribution in [0.5, 0.6) is 0 Å². The summed E-state index contributed by atoms with van der Waals surface area (Å²) in [4.78, 5) is 26.4. The quantitative estimate of drug-likeness (QED) is 0.905. The maximum absolute atomic E-state index is 13.1. The van der Waals surface area contributed by atoms with Gasteiger partial charge in [-0.25, -0.2) is 14.2 Å². The van der Waals surface area contributed by atoms with E-state index in [0.29, 0.717) is 5.56 Å². The van der Waals surface area contributed by atoms with Gasteiger partial charge in [-0.1, -0.05) is 12.1 Å². The number of carbonyl (C=O) groups excluding carboxylic acids is 1. The number of nitrogens with zero attached hydrogens (tertiary/aromatic N) is 1. The van der Waals surface area contributed by atoms with Crippen LogP contribution in [-0.4, -0.2) is 22.0 Å². The number of aromatic carboxylic acids is 1. The Morgan fingerprint density at radius 2 is 2.05 bits per heavy atom. The Balaban J connectivity index is 2.08. The van der Waals surface area contributed by atoms with Crippen LogP contribution in [0.4, 0.5) is 4.39 Å². The van der Waals surface area contributed by atoms with Crippen LogP contribution in [0.2, 0.25) is 0 Å². The second-order valence-electron chi connectivity index (χ2n) is 4.49. The summed E-state index contributed by atoms with van der Waals surface area (Å²) >= 11 is 0. The largest absolute Gasteiger partial charge is 0.477 e. The maximum Gasteiger partial charge on any atom is 0.354 e. The summed E-state index contributed by atoms with van der Waals surface area (Å²) in [6, 6.07) is 8.20. The molecule has 1 amide bonds. The molecule has 5 nitrogen and oxygen atoms in total. The van der Waals surface area contributed by atoms with Gasteiger partial charge in [-0.3, -0.25) is 4.79 Å². The van der Waals surface area contributed by atoms with Crippen LogP contribution >= 0.6 is 0 Å². The number of hydrogen-bond acceptors (Lipinski definition) is 3. The van der Waals surface area contributed by atoms with Gasteiger partial charge in [0.15, 0.2) is 0 Å². The third-order valence-electron chi connectivity index (χ3n) is 2.94. The Kier molecular flexibility index (Phi) is 4.27. The zero-order chi connectivity index (χ0) is 15.4. The fraction of sp³-hybridized carbons (Fsp3) is 0.133. The maximum atomic E-state index is 13.1. The van der Waals surface area contributed by atoms with Crippen LogP contribution in [0.15, 0.2) is 42.6 Å². The van der Waals surface area contributed by atoms with E-state index in [2.05, 4.69) is 10.3 Å². The van der Waals surface area contributed by atoms with E-state index in [-0.39, 0.29) is 23.1 Å². The highest BCUT2D eigenvalue weighted by molar-refractivity contribution is 5.95. The summed E-state index contributed by atoms with van der Waals surface area (Å²) in [6.07, 6.45) is 1.19. The number of carbonyl (C=O) groups is 2. The van der Waals surface area contributed by atoms with Crippen LogP contribution in [-0.2, 0) is 0 Å². The molecule has 0 aliphatic rings. The van der Waals surface area contributed by atoms with E-state index in [9.17, 15) is 14.0 Å². The molecule has 1 atom stereocenters. The number of amides is 1. The van der Waals surface area contributed by atoms with Gasteiger partial charge in [0.1, 0.15) is 11.5 Å². The SMILES string of the molecule is CC(NC(=O)c1ccc(C(=O)O)nc1)c1cccc(F)c1. The highest BCUT2D eigenvalue weighted by atomic mass is 19.1. The van der Waals surface area contributed by atoms with Crippen molar-refractivity contribution in [2.24, 2.45) is 0 Å². The van der Waals surface area contributed by atoms with Crippen LogP contribution in [0, 0.1) is 5.82 Å². The van der Waals surface area contributed by atoms with E-state index in [0.717, 1.165) is 0 Å². The number of pyridine rings is 1. The number of carboxylic acid groups (broad SMARTS) is 1. The Bertz CT molecular complexity index is 671. The van der Waals surface area contributed by atoms with Crippen molar-refractivity contribution in [2.45, 2.75) is 13.0 Å². The van der Waals surface area contributed by atoms with Crippen molar-refractivity contribution in [2.75, 3.05) is 0 Å². The van der Waals surface area contributed by atoms with Gasteiger partial charge in [0, 0.05) is 6.20 Å². The molecule has 0 radical (unpaired) electrons. The van der Waals surface area contributed by atoms with Gasteiger partial charge >= 0.3 is 5.97 Å². The molecule has 1 unspecified atom stereocenters. The lowest BCUT2D eigenvalue weighted by atomic mass is 10.1. The van der Waals surface area contributed by atoms with Gasteiger partial charge in [0.05, 0.1) is 11.6 Å². The van der Waals surface area contributed by atoms with Gasteiger partial charge in [0.2, 0.25) is 0 Å². The molecule has 1 aromatic carbocycles. The van der Waals surface area contributed by atoms with Gasteiger partial charge in [-0.15, -0.1) is 0 Å². The van der Waals surface area contributed by atoms with Crippen molar-refractivity contribution >= 4 is 11.9 Å². The van der Waals surface area contributed by atoms with E-state index in [1.54, 1.807) is 19.1 Å². The molecule has 2 rings (SSSR count). The molecule has 1 heterocycles. The number of rotatable bonds is 4. The average molecular weight is 288 g/mol. The van der Waals surface area contributed by atoms with Crippen molar-refractivity contribution in [3.63, 3.8) is 0 Å². The summed E-state index contributed by atoms with van der Waals surface area (Å²) in [5, 5.41) is 11.4. The molecule has 0 fully saturated rings. The predicted molar refractivity (Wildman–Crippen MR) is 73.5 cm³/mol. The molecule has 21 heavy (non-hydrogen) atoms. The number of aromatic nitrogens is 1. The molecule has 2 aromatic rings. The lowest BCUT2D eigenvalue weighted by Crippen LogP contribution is -2.26. The molecule has 6 heteroatoms. The summed E-state index contributed by atoms with van der Waals surface area (Å²) in [5.74, 6) is -1.94. The fourth-order valence-electron chi connectivity index (χ4n) is 1.79.